The predicted octanol–water partition coefficient (Wildman–Crippen LogP) is 5.45. The molecule has 4 aromatic rings. The Labute approximate surface area is 263 Å². The molecule has 0 saturated carbocycles. The number of hydrogen-bond donors (Lipinski definition) is 0. The van der Waals surface area contributed by atoms with E-state index in [1.165, 1.54) is 21.6 Å². The van der Waals surface area contributed by atoms with Gasteiger partial charge in [-0.05, 0) is 57.0 Å². The molecule has 0 fully saturated rings. The first-order valence-corrected chi connectivity index (χ1v) is 15.3. The fourth-order valence-electron chi connectivity index (χ4n) is 6.68. The minimum atomic E-state index is -0.488. The summed E-state index contributed by atoms with van der Waals surface area (Å²) >= 11 is 0. The summed E-state index contributed by atoms with van der Waals surface area (Å²) < 4.78 is 22.0. The van der Waals surface area contributed by atoms with Crippen molar-refractivity contribution in [3.8, 4) is 11.5 Å². The average Bonchev–Trinajstić information content (AvgIpc) is 3.37. The van der Waals surface area contributed by atoms with E-state index in [1.54, 1.807) is 6.92 Å². The van der Waals surface area contributed by atoms with Crippen LogP contribution in [0, 0.1) is 5.92 Å². The minimum Gasteiger partial charge on any atom is -0.490 e. The van der Waals surface area contributed by atoms with E-state index in [1.807, 2.05) is 24.3 Å². The zero-order valence-electron chi connectivity index (χ0n) is 25.3. The van der Waals surface area contributed by atoms with Crippen LogP contribution in [0.3, 0.4) is 0 Å². The number of carbonyl (C=O) groups is 2. The molecule has 228 valence electrons. The minimum absolute atomic E-state index is 0.120. The molecule has 6 nitrogen and oxygen atoms in total. The SMILES string of the molecule is C=CC(=O)OCCOc1ccc(C2(c3ccc(OCCOC(=O)CC)cc3)c3ccccc3C3C=c4ccccc4=CC32)cc1. The van der Waals surface area contributed by atoms with E-state index >= 15 is 0 Å². The van der Waals surface area contributed by atoms with Crippen molar-refractivity contribution in [3.05, 3.63) is 142 Å². The predicted molar refractivity (Wildman–Crippen MR) is 173 cm³/mol. The standard InChI is InChI=1S/C39H36O6/c1-3-37(40)44-23-21-42-31-17-13-29(14-18-31)39(30-15-19-32(20-16-30)43-22-24-45-38(41)4-2)35-12-8-7-11-33(35)34-25-27-9-5-6-10-28(27)26-36(34)39/h3,5-20,25-26,34,36H,1,4,21-24H2,2H3. The van der Waals surface area contributed by atoms with Crippen molar-refractivity contribution < 1.29 is 28.5 Å². The Balaban J connectivity index is 1.39. The van der Waals surface area contributed by atoms with Crippen LogP contribution in [0.25, 0.3) is 12.2 Å². The van der Waals surface area contributed by atoms with Gasteiger partial charge in [-0.2, -0.15) is 0 Å². The van der Waals surface area contributed by atoms with Crippen molar-refractivity contribution in [2.24, 2.45) is 5.92 Å². The number of esters is 2. The number of benzene rings is 4. The van der Waals surface area contributed by atoms with Gasteiger partial charge in [0.25, 0.3) is 0 Å². The van der Waals surface area contributed by atoms with Crippen molar-refractivity contribution in [3.63, 3.8) is 0 Å². The summed E-state index contributed by atoms with van der Waals surface area (Å²) in [6.07, 6.45) is 6.34. The van der Waals surface area contributed by atoms with Gasteiger partial charge in [-0.15, -0.1) is 0 Å². The lowest BCUT2D eigenvalue weighted by atomic mass is 9.63. The molecule has 0 aromatic heterocycles. The van der Waals surface area contributed by atoms with Gasteiger partial charge in [0.2, 0.25) is 0 Å². The van der Waals surface area contributed by atoms with Gasteiger partial charge in [-0.25, -0.2) is 4.79 Å². The Morgan fingerprint density at radius 3 is 1.87 bits per heavy atom. The van der Waals surface area contributed by atoms with E-state index in [2.05, 4.69) is 91.5 Å². The molecule has 2 aliphatic carbocycles. The van der Waals surface area contributed by atoms with Crippen molar-refractivity contribution >= 4 is 24.1 Å². The summed E-state index contributed by atoms with van der Waals surface area (Å²) in [4.78, 5) is 22.9. The van der Waals surface area contributed by atoms with Gasteiger partial charge in [0, 0.05) is 24.3 Å². The van der Waals surface area contributed by atoms with Gasteiger partial charge in [0.15, 0.2) is 0 Å². The van der Waals surface area contributed by atoms with E-state index in [4.69, 9.17) is 18.9 Å². The highest BCUT2D eigenvalue weighted by atomic mass is 16.6. The maximum Gasteiger partial charge on any atom is 0.330 e. The van der Waals surface area contributed by atoms with Crippen molar-refractivity contribution in [2.75, 3.05) is 26.4 Å². The van der Waals surface area contributed by atoms with Crippen molar-refractivity contribution in [1.82, 2.24) is 0 Å². The Hall–Kier alpha value is -5.10. The topological polar surface area (TPSA) is 71.1 Å². The molecule has 6 heteroatoms. The molecule has 6 rings (SSSR count). The zero-order valence-corrected chi connectivity index (χ0v) is 25.3. The highest BCUT2D eigenvalue weighted by Gasteiger charge is 2.53. The van der Waals surface area contributed by atoms with Crippen LogP contribution in [0.1, 0.15) is 41.5 Å². The van der Waals surface area contributed by atoms with Crippen LogP contribution >= 0.6 is 0 Å². The first kappa shape index (κ1) is 29.9. The van der Waals surface area contributed by atoms with Crippen LogP contribution in [0.15, 0.2) is 110 Å². The third-order valence-corrected chi connectivity index (χ3v) is 8.63. The fraction of sp³-hybridized carbons (Fsp3) is 0.231. The lowest BCUT2D eigenvalue weighted by Crippen LogP contribution is -2.39. The number of hydrogen-bond acceptors (Lipinski definition) is 6. The molecular formula is C39H36O6. The molecule has 3 unspecified atom stereocenters. The monoisotopic (exact) mass is 600 g/mol. The van der Waals surface area contributed by atoms with Gasteiger partial charge < -0.3 is 18.9 Å². The Kier molecular flexibility index (Phi) is 8.83. The molecular weight excluding hydrogens is 564 g/mol. The van der Waals surface area contributed by atoms with E-state index in [9.17, 15) is 9.59 Å². The third kappa shape index (κ3) is 5.88. The molecule has 0 heterocycles. The molecule has 0 aliphatic heterocycles. The fourth-order valence-corrected chi connectivity index (χ4v) is 6.68. The van der Waals surface area contributed by atoms with Gasteiger partial charge in [-0.1, -0.05) is 98.5 Å². The summed E-state index contributed by atoms with van der Waals surface area (Å²) in [6.45, 7) is 6.09. The van der Waals surface area contributed by atoms with Crippen LogP contribution in [0.4, 0.5) is 0 Å². The Morgan fingerprint density at radius 2 is 1.27 bits per heavy atom. The molecule has 0 amide bonds. The second-order valence-corrected chi connectivity index (χ2v) is 11.1. The molecule has 0 N–H and O–H groups in total. The Morgan fingerprint density at radius 1 is 0.711 bits per heavy atom. The van der Waals surface area contributed by atoms with Crippen molar-refractivity contribution in [1.29, 1.82) is 0 Å². The zero-order chi connectivity index (χ0) is 31.2. The first-order valence-electron chi connectivity index (χ1n) is 15.3. The van der Waals surface area contributed by atoms with Gasteiger partial charge in [0.05, 0.1) is 5.41 Å². The van der Waals surface area contributed by atoms with Gasteiger partial charge in [0.1, 0.15) is 37.9 Å². The summed E-state index contributed by atoms with van der Waals surface area (Å²) in [5.41, 5.74) is 4.40. The summed E-state index contributed by atoms with van der Waals surface area (Å²) in [6, 6.07) is 33.9. The molecule has 2 aliphatic rings. The second kappa shape index (κ2) is 13.3. The second-order valence-electron chi connectivity index (χ2n) is 11.1. The van der Waals surface area contributed by atoms with Crippen LogP contribution in [-0.2, 0) is 24.5 Å². The lowest BCUT2D eigenvalue weighted by Gasteiger charge is -2.39. The van der Waals surface area contributed by atoms with Crippen LogP contribution < -0.4 is 19.9 Å². The maximum atomic E-state index is 11.5. The first-order chi connectivity index (χ1) is 22.0. The van der Waals surface area contributed by atoms with Crippen molar-refractivity contribution in [2.45, 2.75) is 24.7 Å². The molecule has 0 bridgehead atoms. The quantitative estimate of drug-likeness (QED) is 0.122. The number of carbonyl (C=O) groups excluding carboxylic acids is 2. The van der Waals surface area contributed by atoms with Gasteiger partial charge >= 0.3 is 11.9 Å². The van der Waals surface area contributed by atoms with Crippen LogP contribution in [0.5, 0.6) is 11.5 Å². The third-order valence-electron chi connectivity index (χ3n) is 8.63. The largest absolute Gasteiger partial charge is 0.490 e. The highest BCUT2D eigenvalue weighted by Crippen LogP contribution is 2.59. The normalized spacial score (nSPS) is 19.0. The average molecular weight is 601 g/mol. The maximum absolute atomic E-state index is 11.5. The molecule has 0 radical (unpaired) electrons. The number of ether oxygens (including phenoxy) is 4. The van der Waals surface area contributed by atoms with E-state index < -0.39 is 11.4 Å². The summed E-state index contributed by atoms with van der Waals surface area (Å²) in [5, 5.41) is 2.48. The molecule has 3 atom stereocenters. The smallest absolute Gasteiger partial charge is 0.330 e. The molecule has 0 saturated heterocycles. The van der Waals surface area contributed by atoms with Crippen LogP contribution in [-0.4, -0.2) is 38.4 Å². The molecule has 4 aromatic carbocycles. The van der Waals surface area contributed by atoms with E-state index in [0.29, 0.717) is 12.2 Å². The molecule has 45 heavy (non-hydrogen) atoms. The number of fused-ring (bicyclic) bond motifs is 4. The number of rotatable bonds is 12. The summed E-state index contributed by atoms with van der Waals surface area (Å²) in [5.74, 6) is 1.02. The van der Waals surface area contributed by atoms with Crippen LogP contribution in [0.2, 0.25) is 0 Å². The lowest BCUT2D eigenvalue weighted by molar-refractivity contribution is -0.144. The van der Waals surface area contributed by atoms with E-state index in [-0.39, 0.29) is 44.2 Å². The highest BCUT2D eigenvalue weighted by molar-refractivity contribution is 5.81. The van der Waals surface area contributed by atoms with E-state index in [0.717, 1.165) is 23.0 Å². The van der Waals surface area contributed by atoms with Gasteiger partial charge in [-0.3, -0.25) is 4.79 Å². The molecule has 0 spiro atoms. The summed E-state index contributed by atoms with van der Waals surface area (Å²) in [7, 11) is 0. The Bertz CT molecular complexity index is 1810.